The van der Waals surface area contributed by atoms with E-state index in [1.54, 1.807) is 30.3 Å². The summed E-state index contributed by atoms with van der Waals surface area (Å²) in [4.78, 5) is 12.9. The molecule has 0 aliphatic heterocycles. The van der Waals surface area contributed by atoms with Crippen molar-refractivity contribution in [3.05, 3.63) is 88.9 Å². The molecule has 2 N–H and O–H groups in total. The summed E-state index contributed by atoms with van der Waals surface area (Å²) in [6.07, 6.45) is -4.71. The summed E-state index contributed by atoms with van der Waals surface area (Å²) in [5.41, 5.74) is -0.663. The molecule has 1 unspecified atom stereocenters. The van der Waals surface area contributed by atoms with Crippen molar-refractivity contribution >= 4 is 33.2 Å². The summed E-state index contributed by atoms with van der Waals surface area (Å²) < 4.78 is 72.5. The molecule has 6 nitrogen and oxygen atoms in total. The van der Waals surface area contributed by atoms with Gasteiger partial charge in [-0.3, -0.25) is 4.79 Å². The number of anilines is 1. The number of alkyl halides is 3. The second-order valence-corrected chi connectivity index (χ2v) is 9.34. The molecule has 0 heterocycles. The molecule has 180 valence electrons. The summed E-state index contributed by atoms with van der Waals surface area (Å²) in [7, 11) is -2.73. The highest BCUT2D eigenvalue weighted by molar-refractivity contribution is 7.89. The first-order valence-corrected chi connectivity index (χ1v) is 11.7. The smallest absolute Gasteiger partial charge is 0.416 e. The van der Waals surface area contributed by atoms with Crippen LogP contribution >= 0.6 is 11.6 Å². The fraction of sp³-hybridized carbons (Fsp3) is 0.174. The third-order valence-electron chi connectivity index (χ3n) is 4.82. The molecule has 0 aliphatic carbocycles. The van der Waals surface area contributed by atoms with Crippen LogP contribution in [0.2, 0.25) is 5.02 Å². The van der Waals surface area contributed by atoms with Gasteiger partial charge in [-0.1, -0.05) is 41.9 Å². The summed E-state index contributed by atoms with van der Waals surface area (Å²) in [5, 5.41) is 2.19. The van der Waals surface area contributed by atoms with Crippen LogP contribution in [0.5, 0.6) is 5.75 Å². The molecule has 3 aromatic carbocycles. The lowest BCUT2D eigenvalue weighted by Crippen LogP contribution is -2.45. The van der Waals surface area contributed by atoms with Crippen LogP contribution in [0.1, 0.15) is 11.1 Å². The summed E-state index contributed by atoms with van der Waals surface area (Å²) in [5.74, 6) is -0.432. The minimum Gasteiger partial charge on any atom is -0.497 e. The number of halogens is 4. The number of hydrogen-bond donors (Lipinski definition) is 2. The largest absolute Gasteiger partial charge is 0.497 e. The molecule has 3 rings (SSSR count). The van der Waals surface area contributed by atoms with E-state index in [1.807, 2.05) is 0 Å². The number of sulfonamides is 1. The fourth-order valence-electron chi connectivity index (χ4n) is 3.07. The zero-order chi connectivity index (χ0) is 24.9. The Morgan fingerprint density at radius 2 is 1.68 bits per heavy atom. The number of carbonyl (C=O) groups is 1. The summed E-state index contributed by atoms with van der Waals surface area (Å²) in [6, 6.07) is 15.2. The van der Waals surface area contributed by atoms with Crippen molar-refractivity contribution in [1.29, 1.82) is 0 Å². The molecule has 1 amide bonds. The van der Waals surface area contributed by atoms with E-state index in [0.717, 1.165) is 12.1 Å². The van der Waals surface area contributed by atoms with E-state index in [-0.39, 0.29) is 22.0 Å². The van der Waals surface area contributed by atoms with Crippen LogP contribution in [0, 0.1) is 0 Å². The van der Waals surface area contributed by atoms with E-state index >= 15 is 0 Å². The first-order valence-electron chi connectivity index (χ1n) is 9.87. The highest BCUT2D eigenvalue weighted by Crippen LogP contribution is 2.34. The fourth-order valence-corrected chi connectivity index (χ4v) is 4.43. The van der Waals surface area contributed by atoms with Crippen molar-refractivity contribution in [3.63, 3.8) is 0 Å². The monoisotopic (exact) mass is 512 g/mol. The lowest BCUT2D eigenvalue weighted by Gasteiger charge is -2.20. The van der Waals surface area contributed by atoms with Crippen molar-refractivity contribution in [2.45, 2.75) is 23.5 Å². The SMILES string of the molecule is COc1ccc(S(=O)(=O)NC(Cc2ccccc2)C(=O)Nc2cc(C(F)(F)F)ccc2Cl)cc1. The van der Waals surface area contributed by atoms with Crippen molar-refractivity contribution in [2.24, 2.45) is 0 Å². The third kappa shape index (κ3) is 6.49. The molecule has 0 fully saturated rings. The Morgan fingerprint density at radius 1 is 1.03 bits per heavy atom. The molecular formula is C23H20ClF3N2O4S. The zero-order valence-corrected chi connectivity index (χ0v) is 19.3. The first-order chi connectivity index (χ1) is 16.0. The van der Waals surface area contributed by atoms with Crippen molar-refractivity contribution in [2.75, 3.05) is 12.4 Å². The van der Waals surface area contributed by atoms with Crippen LogP contribution in [0.4, 0.5) is 18.9 Å². The normalized spacial score (nSPS) is 12.7. The Balaban J connectivity index is 1.90. The maximum Gasteiger partial charge on any atom is 0.416 e. The van der Waals surface area contributed by atoms with Gasteiger partial charge in [-0.25, -0.2) is 8.42 Å². The Hall–Kier alpha value is -3.08. The van der Waals surface area contributed by atoms with Crippen molar-refractivity contribution in [1.82, 2.24) is 4.72 Å². The van der Waals surface area contributed by atoms with E-state index in [9.17, 15) is 26.4 Å². The molecule has 11 heteroatoms. The van der Waals surface area contributed by atoms with Gasteiger partial charge in [-0.05, 0) is 54.4 Å². The molecule has 0 spiro atoms. The van der Waals surface area contributed by atoms with Crippen LogP contribution in [0.3, 0.4) is 0 Å². The second kappa shape index (κ2) is 10.5. The maximum absolute atomic E-state index is 13.1. The average Bonchev–Trinajstić information content (AvgIpc) is 2.80. The topological polar surface area (TPSA) is 84.5 Å². The van der Waals surface area contributed by atoms with Crippen LogP contribution in [0.25, 0.3) is 0 Å². The van der Waals surface area contributed by atoms with Crippen LogP contribution in [-0.2, 0) is 27.4 Å². The number of nitrogens with one attached hydrogen (secondary N) is 2. The highest BCUT2D eigenvalue weighted by Gasteiger charge is 2.32. The molecule has 0 saturated carbocycles. The quantitative estimate of drug-likeness (QED) is 0.450. The zero-order valence-electron chi connectivity index (χ0n) is 17.8. The Labute approximate surface area is 199 Å². The number of ether oxygens (including phenoxy) is 1. The Kier molecular flexibility index (Phi) is 7.86. The lowest BCUT2D eigenvalue weighted by atomic mass is 10.1. The van der Waals surface area contributed by atoms with Gasteiger partial charge >= 0.3 is 6.18 Å². The molecule has 3 aromatic rings. The Bertz CT molecular complexity index is 1250. The van der Waals surface area contributed by atoms with E-state index < -0.39 is 33.7 Å². The van der Waals surface area contributed by atoms with Crippen molar-refractivity contribution in [3.8, 4) is 5.75 Å². The number of hydrogen-bond acceptors (Lipinski definition) is 4. The summed E-state index contributed by atoms with van der Waals surface area (Å²) in [6.45, 7) is 0. The number of methoxy groups -OCH3 is 1. The van der Waals surface area contributed by atoms with Gasteiger partial charge in [0.2, 0.25) is 15.9 Å². The predicted octanol–water partition coefficient (Wildman–Crippen LogP) is 4.90. The van der Waals surface area contributed by atoms with E-state index in [2.05, 4.69) is 10.0 Å². The van der Waals surface area contributed by atoms with Gasteiger partial charge < -0.3 is 10.1 Å². The number of rotatable bonds is 8. The second-order valence-electron chi connectivity index (χ2n) is 7.22. The van der Waals surface area contributed by atoms with Gasteiger partial charge in [-0.15, -0.1) is 0 Å². The highest BCUT2D eigenvalue weighted by atomic mass is 35.5. The van der Waals surface area contributed by atoms with E-state index in [0.29, 0.717) is 17.4 Å². The molecule has 34 heavy (non-hydrogen) atoms. The third-order valence-corrected chi connectivity index (χ3v) is 6.64. The minimum atomic E-state index is -4.65. The summed E-state index contributed by atoms with van der Waals surface area (Å²) >= 11 is 5.98. The van der Waals surface area contributed by atoms with Gasteiger partial charge in [0.15, 0.2) is 0 Å². The minimum absolute atomic E-state index is 0.0569. The number of carbonyl (C=O) groups excluding carboxylic acids is 1. The van der Waals surface area contributed by atoms with Crippen molar-refractivity contribution < 1.29 is 31.1 Å². The van der Waals surface area contributed by atoms with Gasteiger partial charge in [0, 0.05) is 0 Å². The van der Waals surface area contributed by atoms with Gasteiger partial charge in [-0.2, -0.15) is 17.9 Å². The Morgan fingerprint density at radius 3 is 2.26 bits per heavy atom. The van der Waals surface area contributed by atoms with Gasteiger partial charge in [0.25, 0.3) is 0 Å². The maximum atomic E-state index is 13.1. The number of amides is 1. The van der Waals surface area contributed by atoms with Crippen LogP contribution in [0.15, 0.2) is 77.7 Å². The average molecular weight is 513 g/mol. The first kappa shape index (κ1) is 25.5. The number of benzene rings is 3. The molecule has 0 aromatic heterocycles. The molecular weight excluding hydrogens is 493 g/mol. The molecule has 0 bridgehead atoms. The molecule has 1 atom stereocenters. The standard InChI is InChI=1S/C23H20ClF3N2O4S/c1-33-17-8-10-18(11-9-17)34(31,32)29-21(13-15-5-3-2-4-6-15)22(30)28-20-14-16(23(25,26)27)7-12-19(20)24/h2-12,14,21,29H,13H2,1H3,(H,28,30). The molecule has 0 radical (unpaired) electrons. The lowest BCUT2D eigenvalue weighted by molar-refractivity contribution is -0.137. The van der Waals surface area contributed by atoms with Crippen LogP contribution < -0.4 is 14.8 Å². The van der Waals surface area contributed by atoms with Gasteiger partial charge in [0.1, 0.15) is 11.8 Å². The van der Waals surface area contributed by atoms with Crippen LogP contribution in [-0.4, -0.2) is 27.5 Å². The molecule has 0 aliphatic rings. The molecule has 0 saturated heterocycles. The van der Waals surface area contributed by atoms with E-state index in [1.165, 1.54) is 31.4 Å². The van der Waals surface area contributed by atoms with Gasteiger partial charge in [0.05, 0.1) is 28.3 Å². The predicted molar refractivity (Wildman–Crippen MR) is 122 cm³/mol. The van der Waals surface area contributed by atoms with E-state index in [4.69, 9.17) is 16.3 Å².